The van der Waals surface area contributed by atoms with Crippen LogP contribution in [0.1, 0.15) is 34.5 Å². The molecule has 0 aromatic heterocycles. The van der Waals surface area contributed by atoms with Crippen LogP contribution >= 0.6 is 0 Å². The molecule has 0 fully saturated rings. The summed E-state index contributed by atoms with van der Waals surface area (Å²) in [5.74, 6) is 0. The maximum absolute atomic E-state index is 10.8. The number of carbonyl (C=O) groups excluding carboxylic acids is 1. The molecule has 1 aromatic rings. The summed E-state index contributed by atoms with van der Waals surface area (Å²) >= 11 is 0. The molecule has 0 saturated carbocycles. The van der Waals surface area contributed by atoms with E-state index in [4.69, 9.17) is 0 Å². The number of carbonyl (C=O) groups is 1. The number of rotatable bonds is 3. The summed E-state index contributed by atoms with van der Waals surface area (Å²) < 4.78 is 0. The summed E-state index contributed by atoms with van der Waals surface area (Å²) in [4.78, 5) is 12.9. The third-order valence-electron chi connectivity index (χ3n) is 2.77. The highest BCUT2D eigenvalue weighted by Crippen LogP contribution is 2.22. The van der Waals surface area contributed by atoms with Gasteiger partial charge in [-0.1, -0.05) is 18.2 Å². The van der Waals surface area contributed by atoms with Gasteiger partial charge < -0.3 is 4.90 Å². The van der Waals surface area contributed by atoms with Gasteiger partial charge >= 0.3 is 0 Å². The highest BCUT2D eigenvalue weighted by molar-refractivity contribution is 5.77. The molecule has 0 aliphatic heterocycles. The maximum Gasteiger partial charge on any atom is 0.150 e. The lowest BCUT2D eigenvalue weighted by molar-refractivity contribution is 0.112. The van der Waals surface area contributed by atoms with E-state index in [0.717, 1.165) is 17.4 Å². The first-order valence-electron chi connectivity index (χ1n) is 4.79. The molecule has 0 aliphatic carbocycles. The Morgan fingerprint density at radius 1 is 1.36 bits per heavy atom. The third-order valence-corrected chi connectivity index (χ3v) is 2.77. The van der Waals surface area contributed by atoms with E-state index < -0.39 is 0 Å². The molecule has 1 unspecified atom stereocenters. The van der Waals surface area contributed by atoms with Crippen LogP contribution in [0.25, 0.3) is 0 Å². The minimum absolute atomic E-state index is 0.342. The Balaban J connectivity index is 3.15. The van der Waals surface area contributed by atoms with Gasteiger partial charge in [0.2, 0.25) is 0 Å². The van der Waals surface area contributed by atoms with Gasteiger partial charge in [-0.2, -0.15) is 0 Å². The molecule has 0 radical (unpaired) electrons. The van der Waals surface area contributed by atoms with Crippen LogP contribution in [0.4, 0.5) is 0 Å². The number of benzene rings is 1. The Morgan fingerprint density at radius 3 is 2.50 bits per heavy atom. The fourth-order valence-corrected chi connectivity index (χ4v) is 1.53. The number of aldehydes is 1. The first kappa shape index (κ1) is 10.9. The normalized spacial score (nSPS) is 12.9. The zero-order valence-corrected chi connectivity index (χ0v) is 9.24. The van der Waals surface area contributed by atoms with Crippen molar-refractivity contribution in [3.8, 4) is 0 Å². The number of nitrogens with zero attached hydrogens (tertiary/aromatic N) is 1. The van der Waals surface area contributed by atoms with Crippen molar-refractivity contribution in [3.63, 3.8) is 0 Å². The van der Waals surface area contributed by atoms with Gasteiger partial charge in [-0.3, -0.25) is 4.79 Å². The summed E-state index contributed by atoms with van der Waals surface area (Å²) in [5.41, 5.74) is 3.10. The van der Waals surface area contributed by atoms with Crippen molar-refractivity contribution in [2.24, 2.45) is 0 Å². The fraction of sp³-hybridized carbons (Fsp3) is 0.417. The molecule has 0 amide bonds. The molecule has 0 heterocycles. The van der Waals surface area contributed by atoms with Crippen molar-refractivity contribution in [2.45, 2.75) is 19.9 Å². The highest BCUT2D eigenvalue weighted by atomic mass is 16.1. The molecule has 2 nitrogen and oxygen atoms in total. The first-order valence-corrected chi connectivity index (χ1v) is 4.79. The van der Waals surface area contributed by atoms with Crippen LogP contribution in [0.2, 0.25) is 0 Å². The molecular formula is C12H17NO. The largest absolute Gasteiger partial charge is 0.303 e. The average molecular weight is 191 g/mol. The molecule has 1 atom stereocenters. The summed E-state index contributed by atoms with van der Waals surface area (Å²) in [7, 11) is 4.08. The highest BCUT2D eigenvalue weighted by Gasteiger charge is 2.11. The summed E-state index contributed by atoms with van der Waals surface area (Å²) in [6, 6.07) is 6.21. The van der Waals surface area contributed by atoms with E-state index in [1.807, 2.05) is 33.2 Å². The van der Waals surface area contributed by atoms with Crippen LogP contribution in [-0.2, 0) is 0 Å². The van der Waals surface area contributed by atoms with E-state index >= 15 is 0 Å². The molecule has 14 heavy (non-hydrogen) atoms. The Hall–Kier alpha value is -1.15. The van der Waals surface area contributed by atoms with Gasteiger partial charge in [0.05, 0.1) is 0 Å². The minimum atomic E-state index is 0.342. The van der Waals surface area contributed by atoms with Crippen molar-refractivity contribution < 1.29 is 4.79 Å². The quantitative estimate of drug-likeness (QED) is 0.684. The SMILES string of the molecule is Cc1c(C=O)cccc1C(C)N(C)C. The van der Waals surface area contributed by atoms with E-state index in [2.05, 4.69) is 17.9 Å². The van der Waals surface area contributed by atoms with Crippen molar-refractivity contribution >= 4 is 6.29 Å². The lowest BCUT2D eigenvalue weighted by Gasteiger charge is -2.22. The van der Waals surface area contributed by atoms with Crippen LogP contribution in [0.3, 0.4) is 0 Å². The van der Waals surface area contributed by atoms with Crippen LogP contribution in [0, 0.1) is 6.92 Å². The Kier molecular flexibility index (Phi) is 3.42. The second-order valence-electron chi connectivity index (χ2n) is 3.82. The molecule has 0 bridgehead atoms. The molecule has 76 valence electrons. The zero-order valence-electron chi connectivity index (χ0n) is 9.24. The molecule has 0 saturated heterocycles. The smallest absolute Gasteiger partial charge is 0.150 e. The Morgan fingerprint density at radius 2 is 2.00 bits per heavy atom. The number of hydrogen-bond donors (Lipinski definition) is 0. The monoisotopic (exact) mass is 191 g/mol. The van der Waals surface area contributed by atoms with E-state index in [0.29, 0.717) is 6.04 Å². The molecule has 0 N–H and O–H groups in total. The van der Waals surface area contributed by atoms with Gasteiger partial charge in [-0.05, 0) is 39.1 Å². The molecule has 0 spiro atoms. The summed E-state index contributed by atoms with van der Waals surface area (Å²) in [6.45, 7) is 4.13. The second-order valence-corrected chi connectivity index (χ2v) is 3.82. The molecular weight excluding hydrogens is 174 g/mol. The van der Waals surface area contributed by atoms with E-state index in [1.165, 1.54) is 5.56 Å². The maximum atomic E-state index is 10.8. The second kappa shape index (κ2) is 4.38. The summed E-state index contributed by atoms with van der Waals surface area (Å²) in [5, 5.41) is 0. The van der Waals surface area contributed by atoms with Gasteiger partial charge in [0.25, 0.3) is 0 Å². The predicted octanol–water partition coefficient (Wildman–Crippen LogP) is 2.43. The van der Waals surface area contributed by atoms with Gasteiger partial charge in [0.15, 0.2) is 0 Å². The van der Waals surface area contributed by atoms with Gasteiger partial charge in [-0.15, -0.1) is 0 Å². The Bertz CT molecular complexity index is 331. The molecule has 0 aliphatic rings. The topological polar surface area (TPSA) is 20.3 Å². The van der Waals surface area contributed by atoms with Crippen molar-refractivity contribution in [2.75, 3.05) is 14.1 Å². The van der Waals surface area contributed by atoms with E-state index in [-0.39, 0.29) is 0 Å². The predicted molar refractivity (Wildman–Crippen MR) is 58.7 cm³/mol. The summed E-state index contributed by atoms with van der Waals surface area (Å²) in [6.07, 6.45) is 0.918. The van der Waals surface area contributed by atoms with Crippen LogP contribution in [-0.4, -0.2) is 25.3 Å². The number of hydrogen-bond acceptors (Lipinski definition) is 2. The van der Waals surface area contributed by atoms with E-state index in [9.17, 15) is 4.79 Å². The van der Waals surface area contributed by atoms with Crippen LogP contribution < -0.4 is 0 Å². The Labute approximate surface area is 85.5 Å². The minimum Gasteiger partial charge on any atom is -0.303 e. The van der Waals surface area contributed by atoms with Crippen LogP contribution in [0.5, 0.6) is 0 Å². The zero-order chi connectivity index (χ0) is 10.7. The lowest BCUT2D eigenvalue weighted by Crippen LogP contribution is -2.18. The average Bonchev–Trinajstić information content (AvgIpc) is 2.17. The standard InChI is InChI=1S/C12H17NO/c1-9-11(8-14)6-5-7-12(9)10(2)13(3)4/h5-8,10H,1-4H3. The molecule has 2 heteroatoms. The van der Waals surface area contributed by atoms with Crippen molar-refractivity contribution in [3.05, 3.63) is 34.9 Å². The fourth-order valence-electron chi connectivity index (χ4n) is 1.53. The van der Waals surface area contributed by atoms with Gasteiger partial charge in [0, 0.05) is 11.6 Å². The first-order chi connectivity index (χ1) is 6.57. The van der Waals surface area contributed by atoms with Crippen molar-refractivity contribution in [1.82, 2.24) is 4.90 Å². The van der Waals surface area contributed by atoms with Crippen molar-refractivity contribution in [1.29, 1.82) is 0 Å². The molecule has 1 rings (SSSR count). The van der Waals surface area contributed by atoms with Crippen LogP contribution in [0.15, 0.2) is 18.2 Å². The van der Waals surface area contributed by atoms with E-state index in [1.54, 1.807) is 0 Å². The lowest BCUT2D eigenvalue weighted by atomic mass is 9.98. The molecule has 1 aromatic carbocycles. The van der Waals surface area contributed by atoms with Gasteiger partial charge in [0.1, 0.15) is 6.29 Å². The van der Waals surface area contributed by atoms with Gasteiger partial charge in [-0.25, -0.2) is 0 Å². The third kappa shape index (κ3) is 2.02.